The fraction of sp³-hybridized carbons (Fsp3) is 0.111. The van der Waals surface area contributed by atoms with E-state index in [1.165, 1.54) is 18.2 Å². The molecule has 74 valence electrons. The number of rotatable bonds is 4. The van der Waals surface area contributed by atoms with E-state index >= 15 is 0 Å². The van der Waals surface area contributed by atoms with Gasteiger partial charge in [-0.2, -0.15) is 0 Å². The van der Waals surface area contributed by atoms with Crippen molar-refractivity contribution in [1.29, 1.82) is 0 Å². The maximum Gasteiger partial charge on any atom is 0.292 e. The zero-order valence-corrected chi connectivity index (χ0v) is 8.12. The van der Waals surface area contributed by atoms with Gasteiger partial charge in [0.2, 0.25) is 0 Å². The Bertz CT molecular complexity index is 366. The van der Waals surface area contributed by atoms with E-state index in [0.717, 1.165) is 0 Å². The summed E-state index contributed by atoms with van der Waals surface area (Å²) >= 11 is 5.71. The van der Waals surface area contributed by atoms with Crippen molar-refractivity contribution in [3.05, 3.63) is 46.0 Å². The molecule has 1 rings (SSSR count). The second-order valence-corrected chi connectivity index (χ2v) is 3.02. The maximum absolute atomic E-state index is 10.6. The average molecular weight is 213 g/mol. The van der Waals surface area contributed by atoms with Gasteiger partial charge in [-0.05, 0) is 12.1 Å². The van der Waals surface area contributed by atoms with E-state index in [4.69, 9.17) is 11.6 Å². The molecule has 0 aliphatic rings. The molecule has 14 heavy (non-hydrogen) atoms. The van der Waals surface area contributed by atoms with Crippen LogP contribution in [0.2, 0.25) is 5.02 Å². The molecule has 0 atom stereocenters. The van der Waals surface area contributed by atoms with E-state index < -0.39 is 4.92 Å². The molecule has 0 spiro atoms. The molecule has 0 bridgehead atoms. The largest absolute Gasteiger partial charge is 0.376 e. The summed E-state index contributed by atoms with van der Waals surface area (Å²) in [5, 5.41) is 13.9. The molecule has 1 aromatic carbocycles. The molecular weight excluding hydrogens is 204 g/mol. The molecule has 1 N–H and O–H groups in total. The van der Waals surface area contributed by atoms with Crippen molar-refractivity contribution in [2.45, 2.75) is 0 Å². The molecule has 0 fully saturated rings. The molecule has 1 aromatic rings. The van der Waals surface area contributed by atoms with Gasteiger partial charge in [-0.25, -0.2) is 0 Å². The molecule has 5 heteroatoms. The number of nitrogens with one attached hydrogen (secondary N) is 1. The number of benzene rings is 1. The molecule has 0 amide bonds. The van der Waals surface area contributed by atoms with E-state index in [1.807, 2.05) is 0 Å². The summed E-state index contributed by atoms with van der Waals surface area (Å²) in [7, 11) is 0. The Balaban J connectivity index is 3.02. The predicted octanol–water partition coefficient (Wildman–Crippen LogP) is 2.85. The molecule has 4 nitrogen and oxygen atoms in total. The zero-order chi connectivity index (χ0) is 10.6. The Morgan fingerprint density at radius 1 is 1.64 bits per heavy atom. The van der Waals surface area contributed by atoms with Crippen LogP contribution in [-0.2, 0) is 0 Å². The minimum absolute atomic E-state index is 0.0104. The summed E-state index contributed by atoms with van der Waals surface area (Å²) in [6, 6.07) is 4.37. The molecule has 0 radical (unpaired) electrons. The van der Waals surface area contributed by atoms with Gasteiger partial charge in [-0.3, -0.25) is 10.1 Å². The van der Waals surface area contributed by atoms with Crippen LogP contribution in [0.25, 0.3) is 0 Å². The lowest BCUT2D eigenvalue weighted by molar-refractivity contribution is -0.383. The van der Waals surface area contributed by atoms with Gasteiger partial charge >= 0.3 is 0 Å². The van der Waals surface area contributed by atoms with Crippen molar-refractivity contribution in [3.8, 4) is 0 Å². The van der Waals surface area contributed by atoms with Gasteiger partial charge in [-0.1, -0.05) is 17.7 Å². The topological polar surface area (TPSA) is 55.2 Å². The highest BCUT2D eigenvalue weighted by atomic mass is 35.5. The Kier molecular flexibility index (Phi) is 3.48. The van der Waals surface area contributed by atoms with Gasteiger partial charge < -0.3 is 5.32 Å². The SMILES string of the molecule is C=CCNc1cc(Cl)ccc1[N+](=O)[O-]. The molecule has 0 saturated carbocycles. The number of anilines is 1. The fourth-order valence-electron chi connectivity index (χ4n) is 0.991. The van der Waals surface area contributed by atoms with E-state index in [-0.39, 0.29) is 5.69 Å². The van der Waals surface area contributed by atoms with Gasteiger partial charge in [-0.15, -0.1) is 6.58 Å². The zero-order valence-electron chi connectivity index (χ0n) is 7.37. The minimum Gasteiger partial charge on any atom is -0.376 e. The van der Waals surface area contributed by atoms with Crippen LogP contribution in [0, 0.1) is 10.1 Å². The van der Waals surface area contributed by atoms with Crippen LogP contribution < -0.4 is 5.32 Å². The second-order valence-electron chi connectivity index (χ2n) is 2.59. The molecule has 0 heterocycles. The standard InChI is InChI=1S/C9H9ClN2O2/c1-2-5-11-8-6-7(10)3-4-9(8)12(13)14/h2-4,6,11H,1,5H2. The Morgan fingerprint density at radius 3 is 2.93 bits per heavy atom. The van der Waals surface area contributed by atoms with Gasteiger partial charge in [0.25, 0.3) is 5.69 Å². The van der Waals surface area contributed by atoms with Crippen molar-refractivity contribution in [2.75, 3.05) is 11.9 Å². The first-order valence-electron chi connectivity index (χ1n) is 3.94. The third kappa shape index (κ3) is 2.47. The van der Waals surface area contributed by atoms with Gasteiger partial charge in [0.1, 0.15) is 5.69 Å². The molecule has 0 aliphatic carbocycles. The molecule has 0 saturated heterocycles. The molecular formula is C9H9ClN2O2. The number of nitro benzene ring substituents is 1. The van der Waals surface area contributed by atoms with Crippen LogP contribution in [0.3, 0.4) is 0 Å². The number of nitro groups is 1. The smallest absolute Gasteiger partial charge is 0.292 e. The van der Waals surface area contributed by atoms with Crippen LogP contribution in [-0.4, -0.2) is 11.5 Å². The normalized spacial score (nSPS) is 9.50. The lowest BCUT2D eigenvalue weighted by Gasteiger charge is -2.04. The van der Waals surface area contributed by atoms with Crippen LogP contribution in [0.4, 0.5) is 11.4 Å². The third-order valence-corrected chi connectivity index (χ3v) is 1.83. The van der Waals surface area contributed by atoms with Gasteiger partial charge in [0.05, 0.1) is 4.92 Å². The average Bonchev–Trinajstić information content (AvgIpc) is 2.14. The summed E-state index contributed by atoms with van der Waals surface area (Å²) < 4.78 is 0. The predicted molar refractivity (Wildman–Crippen MR) is 56.8 cm³/mol. The lowest BCUT2D eigenvalue weighted by Crippen LogP contribution is -2.01. The van der Waals surface area contributed by atoms with Crippen LogP contribution in [0.1, 0.15) is 0 Å². The fourth-order valence-corrected chi connectivity index (χ4v) is 1.16. The van der Waals surface area contributed by atoms with Gasteiger partial charge in [0, 0.05) is 17.6 Å². The maximum atomic E-state index is 10.6. The van der Waals surface area contributed by atoms with Crippen molar-refractivity contribution < 1.29 is 4.92 Å². The summed E-state index contributed by atoms with van der Waals surface area (Å²) in [5.74, 6) is 0. The van der Waals surface area contributed by atoms with E-state index in [0.29, 0.717) is 17.3 Å². The quantitative estimate of drug-likeness (QED) is 0.474. The Hall–Kier alpha value is -1.55. The summed E-state index contributed by atoms with van der Waals surface area (Å²) in [6.45, 7) is 3.97. The lowest BCUT2D eigenvalue weighted by atomic mass is 10.2. The summed E-state index contributed by atoms with van der Waals surface area (Å²) in [4.78, 5) is 10.1. The van der Waals surface area contributed by atoms with E-state index in [2.05, 4.69) is 11.9 Å². The monoisotopic (exact) mass is 212 g/mol. The van der Waals surface area contributed by atoms with Crippen LogP contribution in [0.15, 0.2) is 30.9 Å². The molecule has 0 unspecified atom stereocenters. The summed E-state index contributed by atoms with van der Waals surface area (Å²) in [5.41, 5.74) is 0.415. The molecule has 0 aromatic heterocycles. The highest BCUT2D eigenvalue weighted by Crippen LogP contribution is 2.27. The van der Waals surface area contributed by atoms with Crippen molar-refractivity contribution in [3.63, 3.8) is 0 Å². The molecule has 0 aliphatic heterocycles. The van der Waals surface area contributed by atoms with Crippen molar-refractivity contribution in [1.82, 2.24) is 0 Å². The number of halogens is 1. The van der Waals surface area contributed by atoms with Crippen LogP contribution in [0.5, 0.6) is 0 Å². The van der Waals surface area contributed by atoms with Crippen molar-refractivity contribution in [2.24, 2.45) is 0 Å². The third-order valence-electron chi connectivity index (χ3n) is 1.59. The second kappa shape index (κ2) is 4.62. The van der Waals surface area contributed by atoms with E-state index in [1.54, 1.807) is 6.08 Å². The first-order chi connectivity index (χ1) is 6.65. The first-order valence-corrected chi connectivity index (χ1v) is 4.31. The Labute approximate surface area is 86.3 Å². The number of nitrogens with zero attached hydrogens (tertiary/aromatic N) is 1. The highest BCUT2D eigenvalue weighted by Gasteiger charge is 2.12. The van der Waals surface area contributed by atoms with E-state index in [9.17, 15) is 10.1 Å². The highest BCUT2D eigenvalue weighted by molar-refractivity contribution is 6.31. The summed E-state index contributed by atoms with van der Waals surface area (Å²) in [6.07, 6.45) is 1.62. The number of hydrogen-bond acceptors (Lipinski definition) is 3. The van der Waals surface area contributed by atoms with Crippen molar-refractivity contribution >= 4 is 23.0 Å². The Morgan fingerprint density at radius 2 is 2.36 bits per heavy atom. The number of hydrogen-bond donors (Lipinski definition) is 1. The minimum atomic E-state index is -0.457. The van der Waals surface area contributed by atoms with Gasteiger partial charge in [0.15, 0.2) is 0 Å². The van der Waals surface area contributed by atoms with Crippen LogP contribution >= 0.6 is 11.6 Å². The first kappa shape index (κ1) is 10.5.